The van der Waals surface area contributed by atoms with Crippen LogP contribution in [0.5, 0.6) is 0 Å². The molecule has 6 nitrogen and oxygen atoms in total. The van der Waals surface area contributed by atoms with Crippen LogP contribution >= 0.6 is 0 Å². The Morgan fingerprint density at radius 2 is 1.58 bits per heavy atom. The number of amides is 1. The molecule has 26 heavy (non-hydrogen) atoms. The van der Waals surface area contributed by atoms with Gasteiger partial charge in [0.25, 0.3) is 10.0 Å². The molecule has 0 unspecified atom stereocenters. The first-order chi connectivity index (χ1) is 12.5. The standard InChI is InChI=1S/C19H25N3O3S/c20-14-7-2-1-6-13-19(23)21-16-9-8-10-17(15-16)22-26(24,25)18-11-4-3-5-12-18/h3-5,8-12,15,22H,1-2,6-7,13-14,20H2,(H,21,23). The Morgan fingerprint density at radius 1 is 0.885 bits per heavy atom. The topological polar surface area (TPSA) is 101 Å². The summed E-state index contributed by atoms with van der Waals surface area (Å²) in [5, 5.41) is 2.80. The predicted molar refractivity (Wildman–Crippen MR) is 104 cm³/mol. The van der Waals surface area contributed by atoms with Crippen molar-refractivity contribution < 1.29 is 13.2 Å². The van der Waals surface area contributed by atoms with Gasteiger partial charge in [0.05, 0.1) is 10.6 Å². The lowest BCUT2D eigenvalue weighted by molar-refractivity contribution is -0.116. The minimum absolute atomic E-state index is 0.0826. The van der Waals surface area contributed by atoms with Crippen molar-refractivity contribution >= 4 is 27.3 Å². The van der Waals surface area contributed by atoms with E-state index < -0.39 is 10.0 Å². The van der Waals surface area contributed by atoms with Gasteiger partial charge in [-0.05, 0) is 49.7 Å². The van der Waals surface area contributed by atoms with Crippen LogP contribution in [0.4, 0.5) is 11.4 Å². The van der Waals surface area contributed by atoms with Gasteiger partial charge in [-0.3, -0.25) is 9.52 Å². The molecule has 4 N–H and O–H groups in total. The monoisotopic (exact) mass is 375 g/mol. The zero-order valence-corrected chi connectivity index (χ0v) is 15.5. The van der Waals surface area contributed by atoms with Gasteiger partial charge in [-0.1, -0.05) is 37.1 Å². The SMILES string of the molecule is NCCCCCCC(=O)Nc1cccc(NS(=O)(=O)c2ccccc2)c1. The van der Waals surface area contributed by atoms with Gasteiger partial charge in [-0.25, -0.2) is 8.42 Å². The van der Waals surface area contributed by atoms with Gasteiger partial charge >= 0.3 is 0 Å². The smallest absolute Gasteiger partial charge is 0.261 e. The van der Waals surface area contributed by atoms with E-state index in [0.717, 1.165) is 25.7 Å². The molecule has 0 spiro atoms. The van der Waals surface area contributed by atoms with Gasteiger partial charge in [0.1, 0.15) is 0 Å². The van der Waals surface area contributed by atoms with Crippen molar-refractivity contribution in [2.75, 3.05) is 16.6 Å². The molecule has 0 aliphatic carbocycles. The summed E-state index contributed by atoms with van der Waals surface area (Å²) in [5.41, 5.74) is 6.40. The normalized spacial score (nSPS) is 11.1. The summed E-state index contributed by atoms with van der Waals surface area (Å²) in [5.74, 6) is -0.0826. The van der Waals surface area contributed by atoms with Crippen molar-refractivity contribution in [2.45, 2.75) is 37.0 Å². The lowest BCUT2D eigenvalue weighted by atomic mass is 10.1. The van der Waals surface area contributed by atoms with E-state index in [1.165, 1.54) is 12.1 Å². The van der Waals surface area contributed by atoms with Gasteiger partial charge in [0, 0.05) is 12.1 Å². The summed E-state index contributed by atoms with van der Waals surface area (Å²) in [6.45, 7) is 0.678. The average Bonchev–Trinajstić information content (AvgIpc) is 2.62. The minimum atomic E-state index is -3.65. The Bertz CT molecular complexity index is 808. The van der Waals surface area contributed by atoms with E-state index in [-0.39, 0.29) is 10.8 Å². The van der Waals surface area contributed by atoms with Crippen LogP contribution in [0.1, 0.15) is 32.1 Å². The van der Waals surface area contributed by atoms with E-state index in [2.05, 4.69) is 10.0 Å². The second-order valence-corrected chi connectivity index (χ2v) is 7.68. The van der Waals surface area contributed by atoms with Crippen LogP contribution in [0.15, 0.2) is 59.5 Å². The molecule has 0 atom stereocenters. The van der Waals surface area contributed by atoms with E-state index in [0.29, 0.717) is 24.3 Å². The van der Waals surface area contributed by atoms with Crippen LogP contribution in [0.25, 0.3) is 0 Å². The highest BCUT2D eigenvalue weighted by Crippen LogP contribution is 2.19. The second-order valence-electron chi connectivity index (χ2n) is 6.00. The minimum Gasteiger partial charge on any atom is -0.330 e. The molecule has 0 radical (unpaired) electrons. The second kappa shape index (κ2) is 9.94. The summed E-state index contributed by atoms with van der Waals surface area (Å²) >= 11 is 0. The van der Waals surface area contributed by atoms with Gasteiger partial charge in [0.15, 0.2) is 0 Å². The quantitative estimate of drug-likeness (QED) is 0.554. The number of sulfonamides is 1. The van der Waals surface area contributed by atoms with E-state index in [1.807, 2.05) is 0 Å². The van der Waals surface area contributed by atoms with E-state index in [4.69, 9.17) is 5.73 Å². The Morgan fingerprint density at radius 3 is 2.31 bits per heavy atom. The van der Waals surface area contributed by atoms with Crippen molar-refractivity contribution in [1.82, 2.24) is 0 Å². The molecule has 2 aromatic carbocycles. The number of unbranched alkanes of at least 4 members (excludes halogenated alkanes) is 3. The average molecular weight is 375 g/mol. The molecule has 0 saturated carbocycles. The Balaban J connectivity index is 1.92. The van der Waals surface area contributed by atoms with Crippen LogP contribution in [0.3, 0.4) is 0 Å². The molecule has 1 amide bonds. The Kier molecular flexibility index (Phi) is 7.62. The number of benzene rings is 2. The first kappa shape index (κ1) is 19.9. The summed E-state index contributed by atoms with van der Waals surface area (Å²) in [4.78, 5) is 12.2. The number of nitrogens with two attached hydrogens (primary N) is 1. The van der Waals surface area contributed by atoms with Crippen molar-refractivity contribution in [3.05, 3.63) is 54.6 Å². The van der Waals surface area contributed by atoms with Crippen molar-refractivity contribution in [3.63, 3.8) is 0 Å². The summed E-state index contributed by atoms with van der Waals surface area (Å²) in [6, 6.07) is 14.8. The Hall–Kier alpha value is -2.38. The van der Waals surface area contributed by atoms with Gasteiger partial charge < -0.3 is 11.1 Å². The summed E-state index contributed by atoms with van der Waals surface area (Å²) < 4.78 is 27.2. The van der Waals surface area contributed by atoms with Crippen molar-refractivity contribution in [1.29, 1.82) is 0 Å². The molecule has 0 heterocycles. The van der Waals surface area contributed by atoms with Crippen LogP contribution < -0.4 is 15.8 Å². The van der Waals surface area contributed by atoms with Crippen LogP contribution in [-0.4, -0.2) is 20.9 Å². The fourth-order valence-electron chi connectivity index (χ4n) is 2.48. The van der Waals surface area contributed by atoms with Gasteiger partial charge in [0.2, 0.25) is 5.91 Å². The maximum atomic E-state index is 12.4. The van der Waals surface area contributed by atoms with E-state index in [1.54, 1.807) is 42.5 Å². The fraction of sp³-hybridized carbons (Fsp3) is 0.316. The van der Waals surface area contributed by atoms with Crippen LogP contribution in [-0.2, 0) is 14.8 Å². The molecule has 0 aliphatic rings. The number of hydrogen-bond acceptors (Lipinski definition) is 4. The van der Waals surface area contributed by atoms with E-state index >= 15 is 0 Å². The Labute approximate surface area is 154 Å². The molecule has 0 bridgehead atoms. The predicted octanol–water partition coefficient (Wildman–Crippen LogP) is 3.34. The zero-order chi connectivity index (χ0) is 18.8. The third kappa shape index (κ3) is 6.50. The lowest BCUT2D eigenvalue weighted by Gasteiger charge is -2.10. The number of hydrogen-bond donors (Lipinski definition) is 3. The first-order valence-corrected chi connectivity index (χ1v) is 10.2. The third-order valence-electron chi connectivity index (χ3n) is 3.81. The molecule has 0 aliphatic heterocycles. The number of rotatable bonds is 10. The van der Waals surface area contributed by atoms with Gasteiger partial charge in [-0.15, -0.1) is 0 Å². The number of carbonyl (C=O) groups excluding carboxylic acids is 1. The van der Waals surface area contributed by atoms with E-state index in [9.17, 15) is 13.2 Å². The molecule has 2 aromatic rings. The van der Waals surface area contributed by atoms with Crippen LogP contribution in [0.2, 0.25) is 0 Å². The van der Waals surface area contributed by atoms with Gasteiger partial charge in [-0.2, -0.15) is 0 Å². The first-order valence-electron chi connectivity index (χ1n) is 8.69. The fourth-order valence-corrected chi connectivity index (χ4v) is 3.55. The lowest BCUT2D eigenvalue weighted by Crippen LogP contribution is -2.14. The molecule has 7 heteroatoms. The third-order valence-corrected chi connectivity index (χ3v) is 5.21. The zero-order valence-electron chi connectivity index (χ0n) is 14.6. The molecule has 0 fully saturated rings. The summed E-state index contributed by atoms with van der Waals surface area (Å²) in [6.07, 6.45) is 4.23. The maximum absolute atomic E-state index is 12.4. The molecule has 0 saturated heterocycles. The maximum Gasteiger partial charge on any atom is 0.261 e. The highest BCUT2D eigenvalue weighted by molar-refractivity contribution is 7.92. The largest absolute Gasteiger partial charge is 0.330 e. The molecule has 0 aromatic heterocycles. The molecule has 140 valence electrons. The summed E-state index contributed by atoms with van der Waals surface area (Å²) in [7, 11) is -3.65. The number of carbonyl (C=O) groups is 1. The van der Waals surface area contributed by atoms with Crippen molar-refractivity contribution in [2.24, 2.45) is 5.73 Å². The number of nitrogens with one attached hydrogen (secondary N) is 2. The van der Waals surface area contributed by atoms with Crippen LogP contribution in [0, 0.1) is 0 Å². The highest BCUT2D eigenvalue weighted by Gasteiger charge is 2.13. The highest BCUT2D eigenvalue weighted by atomic mass is 32.2. The molecular formula is C19H25N3O3S. The van der Waals surface area contributed by atoms with Crippen molar-refractivity contribution in [3.8, 4) is 0 Å². The molecule has 2 rings (SSSR count). The number of anilines is 2. The molecular weight excluding hydrogens is 350 g/mol.